The van der Waals surface area contributed by atoms with Gasteiger partial charge >= 0.3 is 6.18 Å². The standard InChI is InChI=1S/C25H21ClF3N3O2S/c1-13-21(33)10-20(32-23(13)24(34)31(12-30-32)14(2)25(27,28)29)18-5-3-4-15-11-35-22-7-6-17(26)8-16(22)9-19(15)18/h3-8,10,14,30H,9,11-12H2,1-2H3/t14-/m1/s1. The minimum atomic E-state index is -4.59. The predicted octanol–water partition coefficient (Wildman–Crippen LogP) is 5.58. The summed E-state index contributed by atoms with van der Waals surface area (Å²) < 4.78 is 41.6. The lowest BCUT2D eigenvalue weighted by Crippen LogP contribution is -2.55. The number of halogens is 4. The molecule has 1 N–H and O–H groups in total. The van der Waals surface area contributed by atoms with E-state index in [9.17, 15) is 22.8 Å². The lowest BCUT2D eigenvalue weighted by molar-refractivity contribution is -0.172. The Hall–Kier alpha value is -2.91. The maximum atomic E-state index is 13.4. The van der Waals surface area contributed by atoms with E-state index in [0.29, 0.717) is 27.8 Å². The van der Waals surface area contributed by atoms with Crippen LogP contribution in [-0.2, 0) is 12.2 Å². The number of hydrogen-bond donors (Lipinski definition) is 1. The molecule has 35 heavy (non-hydrogen) atoms. The van der Waals surface area contributed by atoms with Crippen LogP contribution in [0.3, 0.4) is 0 Å². The van der Waals surface area contributed by atoms with Crippen LogP contribution in [0.25, 0.3) is 11.3 Å². The Morgan fingerprint density at radius 1 is 1.11 bits per heavy atom. The smallest absolute Gasteiger partial charge is 0.307 e. The monoisotopic (exact) mass is 519 g/mol. The van der Waals surface area contributed by atoms with Gasteiger partial charge in [0.25, 0.3) is 5.91 Å². The maximum absolute atomic E-state index is 13.4. The Bertz CT molecular complexity index is 1420. The van der Waals surface area contributed by atoms with Gasteiger partial charge in [-0.1, -0.05) is 29.8 Å². The number of carbonyl (C=O) groups excluding carboxylic acids is 1. The van der Waals surface area contributed by atoms with Crippen LogP contribution in [0.4, 0.5) is 13.2 Å². The third-order valence-electron chi connectivity index (χ3n) is 6.58. The molecule has 0 radical (unpaired) electrons. The highest BCUT2D eigenvalue weighted by molar-refractivity contribution is 7.98. The Morgan fingerprint density at radius 3 is 2.63 bits per heavy atom. The highest BCUT2D eigenvalue weighted by Crippen LogP contribution is 2.39. The number of nitrogens with zero attached hydrogens (tertiary/aromatic N) is 2. The van der Waals surface area contributed by atoms with Crippen LogP contribution in [-0.4, -0.2) is 34.4 Å². The number of hydrogen-bond acceptors (Lipinski definition) is 4. The molecule has 3 aromatic rings. The summed E-state index contributed by atoms with van der Waals surface area (Å²) in [4.78, 5) is 28.0. The normalized spacial score (nSPS) is 16.1. The second-order valence-electron chi connectivity index (χ2n) is 8.67. The molecule has 0 saturated heterocycles. The van der Waals surface area contributed by atoms with E-state index in [1.165, 1.54) is 17.7 Å². The molecule has 0 bridgehead atoms. The van der Waals surface area contributed by atoms with Gasteiger partial charge in [-0.05, 0) is 55.2 Å². The number of pyridine rings is 1. The Balaban J connectivity index is 1.67. The van der Waals surface area contributed by atoms with Crippen molar-refractivity contribution < 1.29 is 18.0 Å². The highest BCUT2D eigenvalue weighted by Gasteiger charge is 2.44. The van der Waals surface area contributed by atoms with Gasteiger partial charge in [-0.3, -0.25) is 14.3 Å². The molecule has 0 saturated carbocycles. The molecule has 3 heterocycles. The number of fused-ring (bicyclic) bond motifs is 3. The van der Waals surface area contributed by atoms with Gasteiger partial charge in [0, 0.05) is 32.9 Å². The zero-order chi connectivity index (χ0) is 25.1. The summed E-state index contributed by atoms with van der Waals surface area (Å²) in [5.74, 6) is -0.121. The van der Waals surface area contributed by atoms with E-state index in [1.54, 1.807) is 11.8 Å². The van der Waals surface area contributed by atoms with Crippen LogP contribution in [0.5, 0.6) is 0 Å². The second-order valence-corrected chi connectivity index (χ2v) is 10.1. The van der Waals surface area contributed by atoms with Crippen LogP contribution in [0.15, 0.2) is 52.2 Å². The van der Waals surface area contributed by atoms with Crippen molar-refractivity contribution >= 4 is 29.3 Å². The number of carbonyl (C=O) groups is 1. The number of nitrogens with one attached hydrogen (secondary N) is 1. The van der Waals surface area contributed by atoms with Crippen molar-refractivity contribution in [2.75, 3.05) is 12.1 Å². The van der Waals surface area contributed by atoms with Crippen molar-refractivity contribution in [3.05, 3.63) is 85.7 Å². The minimum absolute atomic E-state index is 0.0844. The SMILES string of the molecule is Cc1c2n(c(-c3cccc4c3Cc3cc(Cl)ccc3SC4)cc1=O)NCN([C@H](C)C(F)(F)F)C2=O. The number of alkyl halides is 3. The summed E-state index contributed by atoms with van der Waals surface area (Å²) in [5, 5.41) is 0.625. The largest absolute Gasteiger partial charge is 0.408 e. The quantitative estimate of drug-likeness (QED) is 0.480. The van der Waals surface area contributed by atoms with Gasteiger partial charge in [0.2, 0.25) is 0 Å². The first-order valence-electron chi connectivity index (χ1n) is 11.0. The second kappa shape index (κ2) is 8.64. The van der Waals surface area contributed by atoms with E-state index in [-0.39, 0.29) is 17.9 Å². The van der Waals surface area contributed by atoms with Crippen LogP contribution in [0, 0.1) is 6.92 Å². The van der Waals surface area contributed by atoms with E-state index in [2.05, 4.69) is 5.43 Å². The number of rotatable bonds is 2. The van der Waals surface area contributed by atoms with E-state index in [1.807, 2.05) is 36.4 Å². The molecule has 5 rings (SSSR count). The van der Waals surface area contributed by atoms with Gasteiger partial charge in [0.05, 0.1) is 5.69 Å². The van der Waals surface area contributed by atoms with Crippen molar-refractivity contribution in [2.45, 2.75) is 43.1 Å². The molecular weight excluding hydrogens is 499 g/mol. The van der Waals surface area contributed by atoms with Gasteiger partial charge in [-0.15, -0.1) is 11.8 Å². The summed E-state index contributed by atoms with van der Waals surface area (Å²) in [6, 6.07) is 11.0. The first-order valence-corrected chi connectivity index (χ1v) is 12.3. The Kier molecular flexibility index (Phi) is 5.88. The molecule has 0 aliphatic carbocycles. The molecule has 0 unspecified atom stereocenters. The number of thioether (sulfide) groups is 1. The molecule has 1 atom stereocenters. The summed E-state index contributed by atoms with van der Waals surface area (Å²) in [5.41, 5.74) is 6.84. The van der Waals surface area contributed by atoms with Gasteiger partial charge in [0.15, 0.2) is 5.43 Å². The van der Waals surface area contributed by atoms with Crippen molar-refractivity contribution in [1.29, 1.82) is 0 Å². The van der Waals surface area contributed by atoms with Crippen LogP contribution >= 0.6 is 23.4 Å². The summed E-state index contributed by atoms with van der Waals surface area (Å²) in [7, 11) is 0. The van der Waals surface area contributed by atoms with Crippen LogP contribution in [0.1, 0.15) is 39.7 Å². The Labute approximate surface area is 208 Å². The summed E-state index contributed by atoms with van der Waals surface area (Å²) in [6.45, 7) is 2.05. The molecule has 2 aliphatic heterocycles. The van der Waals surface area contributed by atoms with Gasteiger partial charge in [-0.2, -0.15) is 13.2 Å². The van der Waals surface area contributed by atoms with Crippen molar-refractivity contribution in [2.24, 2.45) is 0 Å². The van der Waals surface area contributed by atoms with Crippen LogP contribution in [0.2, 0.25) is 5.02 Å². The van der Waals surface area contributed by atoms with Crippen molar-refractivity contribution in [3.8, 4) is 11.3 Å². The van der Waals surface area contributed by atoms with E-state index in [0.717, 1.165) is 34.1 Å². The third kappa shape index (κ3) is 4.10. The lowest BCUT2D eigenvalue weighted by Gasteiger charge is -2.37. The first kappa shape index (κ1) is 23.8. The maximum Gasteiger partial charge on any atom is 0.408 e. The molecule has 2 aliphatic rings. The minimum Gasteiger partial charge on any atom is -0.307 e. The van der Waals surface area contributed by atoms with Crippen molar-refractivity contribution in [1.82, 2.24) is 9.58 Å². The van der Waals surface area contributed by atoms with Gasteiger partial charge in [-0.25, -0.2) is 0 Å². The highest BCUT2D eigenvalue weighted by atomic mass is 35.5. The van der Waals surface area contributed by atoms with Crippen molar-refractivity contribution in [3.63, 3.8) is 0 Å². The topological polar surface area (TPSA) is 54.3 Å². The molecular formula is C25H21ClF3N3O2S. The average Bonchev–Trinajstić information content (AvgIpc) is 2.99. The fourth-order valence-corrected chi connectivity index (χ4v) is 5.81. The molecule has 5 nitrogen and oxygen atoms in total. The number of benzene rings is 2. The average molecular weight is 520 g/mol. The molecule has 0 fully saturated rings. The molecule has 1 aromatic heterocycles. The first-order chi connectivity index (χ1) is 16.6. The van der Waals surface area contributed by atoms with Gasteiger partial charge < -0.3 is 10.3 Å². The molecule has 182 valence electrons. The van der Waals surface area contributed by atoms with E-state index >= 15 is 0 Å². The number of amides is 1. The lowest BCUT2D eigenvalue weighted by atomic mass is 9.93. The number of aromatic nitrogens is 1. The molecule has 2 aromatic carbocycles. The van der Waals surface area contributed by atoms with E-state index in [4.69, 9.17) is 11.6 Å². The zero-order valence-corrected chi connectivity index (χ0v) is 20.4. The summed E-state index contributed by atoms with van der Waals surface area (Å²) in [6.07, 6.45) is -4.02. The zero-order valence-electron chi connectivity index (χ0n) is 18.9. The van der Waals surface area contributed by atoms with Crippen LogP contribution < -0.4 is 10.9 Å². The fraction of sp³-hybridized carbons (Fsp3) is 0.280. The fourth-order valence-electron chi connectivity index (χ4n) is 4.56. The predicted molar refractivity (Wildman–Crippen MR) is 131 cm³/mol. The summed E-state index contributed by atoms with van der Waals surface area (Å²) >= 11 is 7.94. The third-order valence-corrected chi connectivity index (χ3v) is 7.98. The Morgan fingerprint density at radius 2 is 1.89 bits per heavy atom. The van der Waals surface area contributed by atoms with E-state index < -0.39 is 23.6 Å². The molecule has 10 heteroatoms. The van der Waals surface area contributed by atoms with Gasteiger partial charge in [0.1, 0.15) is 18.4 Å². The molecule has 0 spiro atoms. The molecule has 1 amide bonds.